The normalized spacial score (nSPS) is 19.4. The predicted octanol–water partition coefficient (Wildman–Crippen LogP) is 2.10. The third kappa shape index (κ3) is 2.89. The molecule has 1 N–H and O–H groups in total. The summed E-state index contributed by atoms with van der Waals surface area (Å²) in [4.78, 5) is 22.8. The van der Waals surface area contributed by atoms with Crippen molar-refractivity contribution in [3.8, 4) is 0 Å². The minimum absolute atomic E-state index is 0.254. The van der Waals surface area contributed by atoms with Crippen LogP contribution in [0.3, 0.4) is 0 Å². The van der Waals surface area contributed by atoms with Crippen molar-refractivity contribution in [1.82, 2.24) is 25.1 Å². The standard InChI is InChI=1S/C15H21N5O/c1-10(2)8-12(21)20-7-3-4-11(9-20)13-14-15(19-18-13)17-6-5-16-14/h5-6,10-11H,3-4,7-9H2,1-2H3,(H,17,18,19)/t11-/m0/s1. The minimum atomic E-state index is 0.254. The molecule has 1 aliphatic heterocycles. The van der Waals surface area contributed by atoms with Crippen molar-refractivity contribution in [2.75, 3.05) is 13.1 Å². The molecule has 1 atom stereocenters. The number of carbonyl (C=O) groups excluding carboxylic acids is 1. The van der Waals surface area contributed by atoms with Crippen LogP contribution >= 0.6 is 0 Å². The SMILES string of the molecule is CC(C)CC(=O)N1CCC[C@H](c2[nH]nc3nccnc23)C1. The zero-order valence-electron chi connectivity index (χ0n) is 12.5. The monoisotopic (exact) mass is 287 g/mol. The summed E-state index contributed by atoms with van der Waals surface area (Å²) in [6, 6.07) is 0. The Bertz CT molecular complexity index is 636. The lowest BCUT2D eigenvalue weighted by Crippen LogP contribution is -2.39. The maximum absolute atomic E-state index is 12.3. The van der Waals surface area contributed by atoms with E-state index in [1.165, 1.54) is 0 Å². The summed E-state index contributed by atoms with van der Waals surface area (Å²) in [5.41, 5.74) is 2.50. The first-order valence-electron chi connectivity index (χ1n) is 7.58. The molecule has 112 valence electrons. The summed E-state index contributed by atoms with van der Waals surface area (Å²) >= 11 is 0. The first-order chi connectivity index (χ1) is 10.1. The number of hydrogen-bond acceptors (Lipinski definition) is 4. The van der Waals surface area contributed by atoms with Gasteiger partial charge in [-0.05, 0) is 18.8 Å². The van der Waals surface area contributed by atoms with Gasteiger partial charge < -0.3 is 4.90 Å². The van der Waals surface area contributed by atoms with E-state index in [-0.39, 0.29) is 11.8 Å². The molecule has 0 aliphatic carbocycles. The summed E-state index contributed by atoms with van der Waals surface area (Å²) < 4.78 is 0. The van der Waals surface area contributed by atoms with Gasteiger partial charge in [0.15, 0.2) is 5.65 Å². The highest BCUT2D eigenvalue weighted by Crippen LogP contribution is 2.29. The van der Waals surface area contributed by atoms with Crippen LogP contribution in [0, 0.1) is 5.92 Å². The van der Waals surface area contributed by atoms with Crippen molar-refractivity contribution in [2.45, 2.75) is 39.0 Å². The van der Waals surface area contributed by atoms with Gasteiger partial charge in [-0.1, -0.05) is 13.8 Å². The van der Waals surface area contributed by atoms with Crippen molar-refractivity contribution in [2.24, 2.45) is 5.92 Å². The van der Waals surface area contributed by atoms with Crippen LogP contribution in [0.1, 0.15) is 44.7 Å². The second kappa shape index (κ2) is 5.79. The molecule has 0 saturated carbocycles. The molecule has 2 aromatic rings. The number of hydrogen-bond donors (Lipinski definition) is 1. The van der Waals surface area contributed by atoms with E-state index < -0.39 is 0 Å². The molecule has 0 bridgehead atoms. The largest absolute Gasteiger partial charge is 0.342 e. The third-order valence-electron chi connectivity index (χ3n) is 3.98. The van der Waals surface area contributed by atoms with Crippen LogP contribution in [0.5, 0.6) is 0 Å². The Balaban J connectivity index is 1.78. The third-order valence-corrected chi connectivity index (χ3v) is 3.98. The van der Waals surface area contributed by atoms with Gasteiger partial charge in [-0.2, -0.15) is 5.10 Å². The summed E-state index contributed by atoms with van der Waals surface area (Å²) in [7, 11) is 0. The van der Waals surface area contributed by atoms with Gasteiger partial charge in [-0.3, -0.25) is 9.89 Å². The molecule has 21 heavy (non-hydrogen) atoms. The molecule has 0 spiro atoms. The Hall–Kier alpha value is -1.98. The van der Waals surface area contributed by atoms with Gasteiger partial charge in [-0.25, -0.2) is 9.97 Å². The Morgan fingerprint density at radius 2 is 2.24 bits per heavy atom. The van der Waals surface area contributed by atoms with E-state index in [0.29, 0.717) is 18.0 Å². The van der Waals surface area contributed by atoms with Crippen molar-refractivity contribution in [3.05, 3.63) is 18.1 Å². The number of aromatic amines is 1. The summed E-state index contributed by atoms with van der Waals surface area (Å²) in [5, 5.41) is 7.28. The quantitative estimate of drug-likeness (QED) is 0.938. The fourth-order valence-electron chi connectivity index (χ4n) is 2.97. The average Bonchev–Trinajstić information content (AvgIpc) is 2.90. The van der Waals surface area contributed by atoms with Crippen molar-refractivity contribution in [1.29, 1.82) is 0 Å². The minimum Gasteiger partial charge on any atom is -0.342 e. The number of amides is 1. The number of nitrogens with zero attached hydrogens (tertiary/aromatic N) is 4. The Kier molecular flexibility index (Phi) is 3.86. The average molecular weight is 287 g/mol. The summed E-state index contributed by atoms with van der Waals surface area (Å²) in [6.07, 6.45) is 6.03. The van der Waals surface area contributed by atoms with Crippen LogP contribution < -0.4 is 0 Å². The topological polar surface area (TPSA) is 74.8 Å². The van der Waals surface area contributed by atoms with E-state index in [2.05, 4.69) is 34.0 Å². The van der Waals surface area contributed by atoms with E-state index in [1.807, 2.05) is 4.90 Å². The molecule has 6 heteroatoms. The molecule has 0 radical (unpaired) electrons. The fraction of sp³-hybridized carbons (Fsp3) is 0.600. The first-order valence-corrected chi connectivity index (χ1v) is 7.58. The molecular weight excluding hydrogens is 266 g/mol. The molecule has 1 aliphatic rings. The second-order valence-electron chi connectivity index (χ2n) is 6.14. The molecule has 6 nitrogen and oxygen atoms in total. The molecule has 1 saturated heterocycles. The van der Waals surface area contributed by atoms with Gasteiger partial charge >= 0.3 is 0 Å². The molecular formula is C15H21N5O. The highest BCUT2D eigenvalue weighted by molar-refractivity contribution is 5.77. The lowest BCUT2D eigenvalue weighted by molar-refractivity contribution is -0.133. The number of likely N-dealkylation sites (tertiary alicyclic amines) is 1. The number of carbonyl (C=O) groups is 1. The second-order valence-corrected chi connectivity index (χ2v) is 6.14. The van der Waals surface area contributed by atoms with E-state index in [4.69, 9.17) is 0 Å². The summed E-state index contributed by atoms with van der Waals surface area (Å²) in [5.74, 6) is 0.929. The van der Waals surface area contributed by atoms with E-state index in [0.717, 1.165) is 37.1 Å². The fourth-order valence-corrected chi connectivity index (χ4v) is 2.97. The van der Waals surface area contributed by atoms with Gasteiger partial charge in [-0.15, -0.1) is 0 Å². The number of aromatic nitrogens is 4. The lowest BCUT2D eigenvalue weighted by atomic mass is 9.93. The Morgan fingerprint density at radius 3 is 3.05 bits per heavy atom. The van der Waals surface area contributed by atoms with E-state index >= 15 is 0 Å². The number of nitrogens with one attached hydrogen (secondary N) is 1. The zero-order valence-corrected chi connectivity index (χ0v) is 12.5. The number of piperidine rings is 1. The van der Waals surface area contributed by atoms with Crippen LogP contribution in [-0.4, -0.2) is 44.1 Å². The lowest BCUT2D eigenvalue weighted by Gasteiger charge is -2.32. The van der Waals surface area contributed by atoms with Crippen LogP contribution in [0.15, 0.2) is 12.4 Å². The maximum Gasteiger partial charge on any atom is 0.222 e. The van der Waals surface area contributed by atoms with Crippen molar-refractivity contribution < 1.29 is 4.79 Å². The van der Waals surface area contributed by atoms with E-state index in [1.54, 1.807) is 12.4 Å². The Morgan fingerprint density at radius 1 is 1.43 bits per heavy atom. The molecule has 1 amide bonds. The molecule has 3 heterocycles. The predicted molar refractivity (Wildman–Crippen MR) is 79.7 cm³/mol. The van der Waals surface area contributed by atoms with Crippen LogP contribution in [-0.2, 0) is 4.79 Å². The smallest absolute Gasteiger partial charge is 0.222 e. The van der Waals surface area contributed by atoms with Crippen LogP contribution in [0.2, 0.25) is 0 Å². The summed E-state index contributed by atoms with van der Waals surface area (Å²) in [6.45, 7) is 5.77. The molecule has 3 rings (SSSR count). The van der Waals surface area contributed by atoms with Gasteiger partial charge in [0.05, 0.1) is 5.69 Å². The van der Waals surface area contributed by atoms with Crippen molar-refractivity contribution in [3.63, 3.8) is 0 Å². The first kappa shape index (κ1) is 14.0. The van der Waals surface area contributed by atoms with Gasteiger partial charge in [0.1, 0.15) is 5.52 Å². The Labute approximate surface area is 124 Å². The van der Waals surface area contributed by atoms with Crippen LogP contribution in [0.4, 0.5) is 0 Å². The van der Waals surface area contributed by atoms with Gasteiger partial charge in [0.25, 0.3) is 0 Å². The number of H-pyrrole nitrogens is 1. The molecule has 0 unspecified atom stereocenters. The van der Waals surface area contributed by atoms with Crippen molar-refractivity contribution >= 4 is 17.1 Å². The highest BCUT2D eigenvalue weighted by atomic mass is 16.2. The van der Waals surface area contributed by atoms with E-state index in [9.17, 15) is 4.79 Å². The number of rotatable bonds is 3. The molecule has 0 aromatic carbocycles. The van der Waals surface area contributed by atoms with Crippen LogP contribution in [0.25, 0.3) is 11.2 Å². The highest BCUT2D eigenvalue weighted by Gasteiger charge is 2.27. The van der Waals surface area contributed by atoms with Gasteiger partial charge in [0.2, 0.25) is 5.91 Å². The maximum atomic E-state index is 12.3. The van der Waals surface area contributed by atoms with Gasteiger partial charge in [0, 0.05) is 37.8 Å². The molecule has 2 aromatic heterocycles. The molecule has 1 fully saturated rings. The number of fused-ring (bicyclic) bond motifs is 1. The zero-order chi connectivity index (χ0) is 14.8.